The Kier molecular flexibility index (Phi) is 4.55. The van der Waals surface area contributed by atoms with E-state index in [9.17, 15) is 19.2 Å². The van der Waals surface area contributed by atoms with Crippen molar-refractivity contribution in [3.05, 3.63) is 65.2 Å². The Hall–Kier alpha value is -3.28. The van der Waals surface area contributed by atoms with Crippen LogP contribution in [0.25, 0.3) is 0 Å². The van der Waals surface area contributed by atoms with Crippen molar-refractivity contribution in [2.75, 3.05) is 18.0 Å². The zero-order valence-electron chi connectivity index (χ0n) is 15.6. The van der Waals surface area contributed by atoms with Crippen molar-refractivity contribution < 1.29 is 19.2 Å². The van der Waals surface area contributed by atoms with Crippen LogP contribution < -0.4 is 4.90 Å². The number of likely N-dealkylation sites (tertiary alicyclic amines) is 1. The molecule has 2 aromatic rings. The van der Waals surface area contributed by atoms with Crippen LogP contribution in [0.15, 0.2) is 48.5 Å². The van der Waals surface area contributed by atoms with Crippen molar-refractivity contribution in [1.29, 1.82) is 0 Å². The van der Waals surface area contributed by atoms with Crippen LogP contribution in [0.4, 0.5) is 5.69 Å². The molecule has 2 heterocycles. The fourth-order valence-electron chi connectivity index (χ4n) is 3.91. The van der Waals surface area contributed by atoms with Gasteiger partial charge in [-0.3, -0.25) is 19.2 Å². The smallest absolute Gasteiger partial charge is 0.266 e. The molecule has 6 nitrogen and oxygen atoms in total. The van der Waals surface area contributed by atoms with Gasteiger partial charge in [-0.15, -0.1) is 0 Å². The summed E-state index contributed by atoms with van der Waals surface area (Å²) in [4.78, 5) is 52.4. The first kappa shape index (κ1) is 18.1. The lowest BCUT2D eigenvalue weighted by molar-refractivity contribution is -0.130. The van der Waals surface area contributed by atoms with Crippen molar-refractivity contribution in [1.82, 2.24) is 4.90 Å². The second-order valence-corrected chi connectivity index (χ2v) is 7.21. The zero-order valence-corrected chi connectivity index (χ0v) is 15.6. The lowest BCUT2D eigenvalue weighted by Gasteiger charge is -2.31. The number of carbonyl (C=O) groups is 4. The van der Waals surface area contributed by atoms with Gasteiger partial charge in [-0.2, -0.15) is 0 Å². The number of piperidine rings is 1. The fourth-order valence-corrected chi connectivity index (χ4v) is 3.91. The molecule has 0 bridgehead atoms. The molecule has 2 aliphatic heterocycles. The van der Waals surface area contributed by atoms with Gasteiger partial charge < -0.3 is 4.90 Å². The highest BCUT2D eigenvalue weighted by atomic mass is 16.2. The predicted octanol–water partition coefficient (Wildman–Crippen LogP) is 2.93. The van der Waals surface area contributed by atoms with Crippen molar-refractivity contribution in [2.45, 2.75) is 19.8 Å². The van der Waals surface area contributed by atoms with Crippen molar-refractivity contribution in [3.8, 4) is 0 Å². The summed E-state index contributed by atoms with van der Waals surface area (Å²) in [5, 5.41) is 0. The highest BCUT2D eigenvalue weighted by Gasteiger charge is 2.36. The van der Waals surface area contributed by atoms with Crippen molar-refractivity contribution >= 4 is 29.2 Å². The number of fused-ring (bicyclic) bond motifs is 1. The van der Waals surface area contributed by atoms with Gasteiger partial charge in [0.25, 0.3) is 11.8 Å². The van der Waals surface area contributed by atoms with Gasteiger partial charge in [0.2, 0.25) is 5.91 Å². The molecule has 0 N–H and O–H groups in total. The Labute approximate surface area is 162 Å². The van der Waals surface area contributed by atoms with Gasteiger partial charge in [0.15, 0.2) is 5.78 Å². The SMILES string of the molecule is CC(=O)N1CCCC(C(=O)c2ccc(N3C(=O)c4ccccc4C3=O)cc2)C1. The zero-order chi connectivity index (χ0) is 19.8. The molecular weight excluding hydrogens is 356 g/mol. The quantitative estimate of drug-likeness (QED) is 0.610. The molecule has 0 aromatic heterocycles. The summed E-state index contributed by atoms with van der Waals surface area (Å²) >= 11 is 0. The Morgan fingerprint density at radius 3 is 2.11 bits per heavy atom. The minimum atomic E-state index is -0.357. The molecule has 1 fully saturated rings. The van der Waals surface area contributed by atoms with E-state index in [0.29, 0.717) is 35.5 Å². The van der Waals surface area contributed by atoms with E-state index in [1.165, 1.54) is 6.92 Å². The van der Waals surface area contributed by atoms with Crippen LogP contribution in [0.1, 0.15) is 50.8 Å². The van der Waals surface area contributed by atoms with E-state index in [2.05, 4.69) is 0 Å². The van der Waals surface area contributed by atoms with E-state index in [1.807, 2.05) is 0 Å². The Morgan fingerprint density at radius 1 is 0.929 bits per heavy atom. The van der Waals surface area contributed by atoms with Crippen LogP contribution in [0.3, 0.4) is 0 Å². The average molecular weight is 376 g/mol. The summed E-state index contributed by atoms with van der Waals surface area (Å²) in [7, 11) is 0. The number of Topliss-reactive ketones (excluding diaryl/α,β-unsaturated/α-hetero) is 1. The standard InChI is InChI=1S/C22H20N2O4/c1-14(25)23-12-4-5-16(13-23)20(26)15-8-10-17(11-9-15)24-21(27)18-6-2-3-7-19(18)22(24)28/h2-3,6-11,16H,4-5,12-13H2,1H3. The summed E-state index contributed by atoms with van der Waals surface area (Å²) in [6.07, 6.45) is 1.56. The van der Waals surface area contributed by atoms with Gasteiger partial charge in [-0.05, 0) is 49.2 Å². The van der Waals surface area contributed by atoms with Gasteiger partial charge in [0, 0.05) is 31.5 Å². The number of hydrogen-bond acceptors (Lipinski definition) is 4. The van der Waals surface area contributed by atoms with Crippen LogP contribution in [-0.2, 0) is 4.79 Å². The Morgan fingerprint density at radius 2 is 1.54 bits per heavy atom. The van der Waals surface area contributed by atoms with Crippen LogP contribution in [0, 0.1) is 5.92 Å². The number of carbonyl (C=O) groups excluding carboxylic acids is 4. The van der Waals surface area contributed by atoms with E-state index in [4.69, 9.17) is 0 Å². The van der Waals surface area contributed by atoms with Gasteiger partial charge >= 0.3 is 0 Å². The van der Waals surface area contributed by atoms with Gasteiger partial charge in [-0.1, -0.05) is 12.1 Å². The number of anilines is 1. The molecule has 0 aliphatic carbocycles. The predicted molar refractivity (Wildman–Crippen MR) is 103 cm³/mol. The maximum atomic E-state index is 12.8. The monoisotopic (exact) mass is 376 g/mol. The minimum Gasteiger partial charge on any atom is -0.342 e. The third-order valence-corrected chi connectivity index (χ3v) is 5.44. The molecule has 0 radical (unpaired) electrons. The van der Waals surface area contributed by atoms with E-state index in [-0.39, 0.29) is 29.4 Å². The normalized spacial score (nSPS) is 19.0. The molecule has 1 atom stereocenters. The number of amides is 3. The number of rotatable bonds is 3. The number of hydrogen-bond donors (Lipinski definition) is 0. The summed E-state index contributed by atoms with van der Waals surface area (Å²) in [5.41, 5.74) is 1.74. The average Bonchev–Trinajstić information content (AvgIpc) is 2.98. The molecule has 142 valence electrons. The lowest BCUT2D eigenvalue weighted by atomic mass is 9.90. The van der Waals surface area contributed by atoms with Gasteiger partial charge in [0.1, 0.15) is 0 Å². The number of benzene rings is 2. The summed E-state index contributed by atoms with van der Waals surface area (Å²) < 4.78 is 0. The Bertz CT molecular complexity index is 945. The largest absolute Gasteiger partial charge is 0.342 e. The fraction of sp³-hybridized carbons (Fsp3) is 0.273. The Balaban J connectivity index is 1.53. The topological polar surface area (TPSA) is 74.8 Å². The molecule has 4 rings (SSSR count). The highest BCUT2D eigenvalue weighted by Crippen LogP contribution is 2.29. The third kappa shape index (κ3) is 3.01. The first-order valence-corrected chi connectivity index (χ1v) is 9.35. The molecule has 28 heavy (non-hydrogen) atoms. The minimum absolute atomic E-state index is 0.0140. The van der Waals surface area contributed by atoms with Crippen LogP contribution in [0.2, 0.25) is 0 Å². The molecule has 0 saturated carbocycles. The summed E-state index contributed by atoms with van der Waals surface area (Å²) in [5.74, 6) is -0.964. The summed E-state index contributed by atoms with van der Waals surface area (Å²) in [6, 6.07) is 13.3. The van der Waals surface area contributed by atoms with Crippen LogP contribution in [-0.4, -0.2) is 41.5 Å². The molecule has 2 aliphatic rings. The molecule has 2 aromatic carbocycles. The van der Waals surface area contributed by atoms with Gasteiger partial charge in [-0.25, -0.2) is 4.90 Å². The van der Waals surface area contributed by atoms with Crippen molar-refractivity contribution in [3.63, 3.8) is 0 Å². The van der Waals surface area contributed by atoms with E-state index >= 15 is 0 Å². The summed E-state index contributed by atoms with van der Waals surface area (Å²) in [6.45, 7) is 2.65. The number of imide groups is 1. The van der Waals surface area contributed by atoms with Gasteiger partial charge in [0.05, 0.1) is 16.8 Å². The maximum absolute atomic E-state index is 12.8. The van der Waals surface area contributed by atoms with E-state index in [1.54, 1.807) is 53.4 Å². The molecule has 0 spiro atoms. The molecule has 3 amide bonds. The molecule has 6 heteroatoms. The lowest BCUT2D eigenvalue weighted by Crippen LogP contribution is -2.41. The number of nitrogens with zero attached hydrogens (tertiary/aromatic N) is 2. The second kappa shape index (κ2) is 7.03. The van der Waals surface area contributed by atoms with E-state index in [0.717, 1.165) is 17.7 Å². The van der Waals surface area contributed by atoms with Crippen LogP contribution in [0.5, 0.6) is 0 Å². The van der Waals surface area contributed by atoms with Crippen LogP contribution >= 0.6 is 0 Å². The first-order chi connectivity index (χ1) is 13.5. The highest BCUT2D eigenvalue weighted by molar-refractivity contribution is 6.34. The third-order valence-electron chi connectivity index (χ3n) is 5.44. The molecule has 1 unspecified atom stereocenters. The molecular formula is C22H20N2O4. The number of ketones is 1. The molecule has 1 saturated heterocycles. The van der Waals surface area contributed by atoms with Crippen molar-refractivity contribution in [2.24, 2.45) is 5.92 Å². The first-order valence-electron chi connectivity index (χ1n) is 9.35. The second-order valence-electron chi connectivity index (χ2n) is 7.21. The van der Waals surface area contributed by atoms with E-state index < -0.39 is 0 Å². The maximum Gasteiger partial charge on any atom is 0.266 e.